The van der Waals surface area contributed by atoms with Gasteiger partial charge in [0.05, 0.1) is 0 Å². The summed E-state index contributed by atoms with van der Waals surface area (Å²) in [7, 11) is 0. The number of amides is 1. The van der Waals surface area contributed by atoms with Gasteiger partial charge < -0.3 is 4.90 Å². The highest BCUT2D eigenvalue weighted by atomic mass is 35.5. The van der Waals surface area contributed by atoms with Crippen molar-refractivity contribution in [3.63, 3.8) is 0 Å². The van der Waals surface area contributed by atoms with E-state index in [1.807, 2.05) is 0 Å². The normalized spacial score (nSPS) is 16.1. The Bertz CT molecular complexity index is 165. The lowest BCUT2D eigenvalue weighted by atomic mass is 10.4. The molecular weight excluding hydrogens is 162 g/mol. The second kappa shape index (κ2) is 3.77. The van der Waals surface area contributed by atoms with Gasteiger partial charge in [-0.25, -0.2) is 0 Å². The molecule has 0 heterocycles. The molecule has 1 rings (SSSR count). The second-order valence-corrected chi connectivity index (χ2v) is 2.97. The van der Waals surface area contributed by atoms with Crippen molar-refractivity contribution in [2.24, 2.45) is 0 Å². The first kappa shape index (κ1) is 8.60. The van der Waals surface area contributed by atoms with E-state index in [4.69, 9.17) is 11.6 Å². The highest BCUT2D eigenvalue weighted by Crippen LogP contribution is 2.26. The number of carbonyl (C=O) groups is 1. The molecule has 0 aromatic rings. The first-order valence-corrected chi connectivity index (χ1v) is 4.29. The Morgan fingerprint density at radius 1 is 1.73 bits per heavy atom. The highest BCUT2D eigenvalue weighted by Gasteiger charge is 2.30. The van der Waals surface area contributed by atoms with Gasteiger partial charge >= 0.3 is 0 Å². The van der Waals surface area contributed by atoms with E-state index in [1.54, 1.807) is 11.0 Å². The van der Waals surface area contributed by atoms with Crippen molar-refractivity contribution in [2.75, 3.05) is 12.4 Å². The van der Waals surface area contributed by atoms with Crippen LogP contribution >= 0.6 is 11.6 Å². The van der Waals surface area contributed by atoms with Crippen LogP contribution in [0.2, 0.25) is 0 Å². The van der Waals surface area contributed by atoms with E-state index in [-0.39, 0.29) is 11.8 Å². The van der Waals surface area contributed by atoms with Crippen LogP contribution in [0.3, 0.4) is 0 Å². The van der Waals surface area contributed by atoms with Crippen LogP contribution in [0.5, 0.6) is 0 Å². The second-order valence-electron chi connectivity index (χ2n) is 2.70. The molecule has 0 unspecified atom stereocenters. The summed E-state index contributed by atoms with van der Waals surface area (Å²) in [5, 5.41) is 0. The van der Waals surface area contributed by atoms with Gasteiger partial charge in [-0.3, -0.25) is 4.79 Å². The van der Waals surface area contributed by atoms with Crippen LogP contribution < -0.4 is 0 Å². The quantitative estimate of drug-likeness (QED) is 0.465. The zero-order valence-corrected chi connectivity index (χ0v) is 7.18. The Balaban J connectivity index is 2.43. The SMILES string of the molecule is C=CCN(C(=O)CCl)C1CC1. The van der Waals surface area contributed by atoms with E-state index >= 15 is 0 Å². The molecule has 1 aliphatic carbocycles. The van der Waals surface area contributed by atoms with Crippen LogP contribution in [0.15, 0.2) is 12.7 Å². The van der Waals surface area contributed by atoms with Crippen molar-refractivity contribution in [3.05, 3.63) is 12.7 Å². The lowest BCUT2D eigenvalue weighted by Crippen LogP contribution is -2.33. The molecule has 0 aromatic heterocycles. The molecule has 2 nitrogen and oxygen atoms in total. The number of alkyl halides is 1. The Hall–Kier alpha value is -0.500. The summed E-state index contributed by atoms with van der Waals surface area (Å²) in [6, 6.07) is 0.444. The first-order chi connectivity index (χ1) is 5.29. The van der Waals surface area contributed by atoms with Crippen LogP contribution in [-0.2, 0) is 4.79 Å². The van der Waals surface area contributed by atoms with Crippen molar-refractivity contribution in [3.8, 4) is 0 Å². The average Bonchev–Trinajstić information content (AvgIpc) is 2.81. The molecule has 0 spiro atoms. The van der Waals surface area contributed by atoms with Crippen molar-refractivity contribution in [2.45, 2.75) is 18.9 Å². The first-order valence-electron chi connectivity index (χ1n) is 3.76. The summed E-state index contributed by atoms with van der Waals surface area (Å²) in [6.45, 7) is 4.23. The van der Waals surface area contributed by atoms with Gasteiger partial charge in [0, 0.05) is 12.6 Å². The van der Waals surface area contributed by atoms with Gasteiger partial charge in [-0.05, 0) is 12.8 Å². The molecular formula is C8H12ClNO. The predicted octanol–water partition coefficient (Wildman–Crippen LogP) is 1.40. The van der Waals surface area contributed by atoms with Crippen LogP contribution in [0.1, 0.15) is 12.8 Å². The average molecular weight is 174 g/mol. The van der Waals surface area contributed by atoms with E-state index in [0.717, 1.165) is 12.8 Å². The topological polar surface area (TPSA) is 20.3 Å². The lowest BCUT2D eigenvalue weighted by molar-refractivity contribution is -0.128. The molecule has 11 heavy (non-hydrogen) atoms. The minimum Gasteiger partial charge on any atom is -0.335 e. The van der Waals surface area contributed by atoms with Crippen molar-refractivity contribution in [1.29, 1.82) is 0 Å². The van der Waals surface area contributed by atoms with Gasteiger partial charge in [0.15, 0.2) is 0 Å². The maximum Gasteiger partial charge on any atom is 0.238 e. The summed E-state index contributed by atoms with van der Waals surface area (Å²) < 4.78 is 0. The third kappa shape index (κ3) is 2.22. The number of nitrogens with zero attached hydrogens (tertiary/aromatic N) is 1. The lowest BCUT2D eigenvalue weighted by Gasteiger charge is -2.18. The van der Waals surface area contributed by atoms with Crippen molar-refractivity contribution in [1.82, 2.24) is 4.90 Å². The number of carbonyl (C=O) groups excluding carboxylic acids is 1. The molecule has 3 heteroatoms. The zero-order chi connectivity index (χ0) is 8.27. The number of halogens is 1. The molecule has 62 valence electrons. The van der Waals surface area contributed by atoms with Crippen molar-refractivity contribution >= 4 is 17.5 Å². The molecule has 1 amide bonds. The Morgan fingerprint density at radius 3 is 2.73 bits per heavy atom. The Kier molecular flexibility index (Phi) is 2.94. The Labute approximate surface area is 71.8 Å². The third-order valence-electron chi connectivity index (χ3n) is 1.75. The summed E-state index contributed by atoms with van der Waals surface area (Å²) >= 11 is 5.43. The molecule has 0 aliphatic heterocycles. The number of hydrogen-bond donors (Lipinski definition) is 0. The Morgan fingerprint density at radius 2 is 2.36 bits per heavy atom. The standard InChI is InChI=1S/C8H12ClNO/c1-2-5-10(7-3-4-7)8(11)6-9/h2,7H,1,3-6H2. The molecule has 0 radical (unpaired) electrons. The fraction of sp³-hybridized carbons (Fsp3) is 0.625. The summed E-state index contributed by atoms with van der Waals surface area (Å²) in [4.78, 5) is 12.9. The monoisotopic (exact) mass is 173 g/mol. The third-order valence-corrected chi connectivity index (χ3v) is 1.98. The molecule has 0 atom stereocenters. The summed E-state index contributed by atoms with van der Waals surface area (Å²) in [5.41, 5.74) is 0. The zero-order valence-electron chi connectivity index (χ0n) is 6.42. The number of rotatable bonds is 4. The van der Waals surface area contributed by atoms with Crippen LogP contribution in [-0.4, -0.2) is 29.3 Å². The van der Waals surface area contributed by atoms with Crippen LogP contribution in [0.25, 0.3) is 0 Å². The molecule has 0 N–H and O–H groups in total. The summed E-state index contributed by atoms with van der Waals surface area (Å²) in [5.74, 6) is 0.110. The van der Waals surface area contributed by atoms with Crippen LogP contribution in [0.4, 0.5) is 0 Å². The number of hydrogen-bond acceptors (Lipinski definition) is 1. The minimum atomic E-state index is 0.0223. The molecule has 1 saturated carbocycles. The van der Waals surface area contributed by atoms with E-state index in [0.29, 0.717) is 12.6 Å². The molecule has 0 aromatic carbocycles. The minimum absolute atomic E-state index is 0.0223. The highest BCUT2D eigenvalue weighted by molar-refractivity contribution is 6.27. The largest absolute Gasteiger partial charge is 0.335 e. The maximum absolute atomic E-state index is 11.1. The van der Waals surface area contributed by atoms with Crippen LogP contribution in [0, 0.1) is 0 Å². The van der Waals surface area contributed by atoms with Gasteiger partial charge in [-0.1, -0.05) is 6.08 Å². The molecule has 1 aliphatic rings. The van der Waals surface area contributed by atoms with Gasteiger partial charge in [0.25, 0.3) is 0 Å². The van der Waals surface area contributed by atoms with E-state index < -0.39 is 0 Å². The van der Waals surface area contributed by atoms with E-state index in [1.165, 1.54) is 0 Å². The fourth-order valence-corrected chi connectivity index (χ4v) is 1.21. The molecule has 1 fully saturated rings. The van der Waals surface area contributed by atoms with Gasteiger partial charge in [-0.2, -0.15) is 0 Å². The van der Waals surface area contributed by atoms with Gasteiger partial charge in [0.1, 0.15) is 5.88 Å². The smallest absolute Gasteiger partial charge is 0.238 e. The van der Waals surface area contributed by atoms with Gasteiger partial charge in [0.2, 0.25) is 5.91 Å². The van der Waals surface area contributed by atoms with E-state index in [9.17, 15) is 4.79 Å². The van der Waals surface area contributed by atoms with Crippen molar-refractivity contribution < 1.29 is 4.79 Å². The summed E-state index contributed by atoms with van der Waals surface area (Å²) in [6.07, 6.45) is 3.98. The van der Waals surface area contributed by atoms with E-state index in [2.05, 4.69) is 6.58 Å². The fourth-order valence-electron chi connectivity index (χ4n) is 1.06. The molecule has 0 bridgehead atoms. The van der Waals surface area contributed by atoms with Gasteiger partial charge in [-0.15, -0.1) is 18.2 Å². The molecule has 0 saturated heterocycles. The predicted molar refractivity (Wildman–Crippen MR) is 45.7 cm³/mol. The maximum atomic E-state index is 11.1.